The maximum Gasteiger partial charge on any atom is 0.327 e. The lowest BCUT2D eigenvalue weighted by Crippen LogP contribution is -2.49. The maximum atomic E-state index is 14.9. The molecule has 49 heavy (non-hydrogen) atoms. The Morgan fingerprint density at radius 3 is 2.69 bits per heavy atom. The number of hydrogen-bond donors (Lipinski definition) is 2. The second kappa shape index (κ2) is 13.5. The number of anilines is 1. The molecule has 0 saturated heterocycles. The summed E-state index contributed by atoms with van der Waals surface area (Å²) < 4.78 is 40.4. The van der Waals surface area contributed by atoms with Gasteiger partial charge in [0.15, 0.2) is 9.92 Å². The molecule has 2 saturated carbocycles. The van der Waals surface area contributed by atoms with E-state index in [1.807, 2.05) is 18.2 Å². The molecule has 2 heterocycles. The number of hydrogen-bond acceptors (Lipinski definition) is 7. The number of urea groups is 1. The molecule has 3 aliphatic carbocycles. The Kier molecular flexibility index (Phi) is 9.49. The minimum absolute atomic E-state index is 0.00295. The molecule has 5 atom stereocenters. The van der Waals surface area contributed by atoms with Crippen LogP contribution in [0.4, 0.5) is 10.5 Å². The number of halogens is 1. The second-order valence-corrected chi connectivity index (χ2v) is 17.2. The lowest BCUT2D eigenvalue weighted by molar-refractivity contribution is -0.137. The minimum atomic E-state index is -3.79. The first-order valence-electron chi connectivity index (χ1n) is 17.5. The van der Waals surface area contributed by atoms with Gasteiger partial charge in [-0.2, -0.15) is 0 Å². The van der Waals surface area contributed by atoms with Gasteiger partial charge in [0.05, 0.1) is 29.9 Å². The number of nitrogens with one attached hydrogen (secondary N) is 2. The fourth-order valence-electron chi connectivity index (χ4n) is 7.96. The van der Waals surface area contributed by atoms with Gasteiger partial charge in [0.2, 0.25) is 0 Å². The van der Waals surface area contributed by atoms with Gasteiger partial charge in [-0.15, -0.1) is 4.36 Å². The van der Waals surface area contributed by atoms with Crippen molar-refractivity contribution in [1.29, 1.82) is 0 Å². The van der Waals surface area contributed by atoms with Gasteiger partial charge in [-0.25, -0.2) is 13.7 Å². The summed E-state index contributed by atoms with van der Waals surface area (Å²) in [7, 11) is -2.05. The molecule has 0 radical (unpaired) electrons. The van der Waals surface area contributed by atoms with Gasteiger partial charge >= 0.3 is 6.03 Å². The fourth-order valence-corrected chi connectivity index (χ4v) is 9.71. The van der Waals surface area contributed by atoms with Crippen LogP contribution < -0.4 is 19.7 Å². The predicted octanol–water partition coefficient (Wildman–Crippen LogP) is 6.34. The lowest BCUT2D eigenvalue weighted by Gasteiger charge is -2.46. The molecule has 264 valence electrons. The quantitative estimate of drug-likeness (QED) is 0.357. The summed E-state index contributed by atoms with van der Waals surface area (Å²) in [5.74, 6) is 0.562. The van der Waals surface area contributed by atoms with Crippen molar-refractivity contribution in [2.24, 2.45) is 16.2 Å². The van der Waals surface area contributed by atoms with Crippen molar-refractivity contribution < 1.29 is 28.0 Å². The molecule has 2 fully saturated rings. The Bertz CT molecular complexity index is 1770. The van der Waals surface area contributed by atoms with E-state index in [2.05, 4.69) is 31.4 Å². The van der Waals surface area contributed by atoms with Gasteiger partial charge in [0, 0.05) is 36.7 Å². The summed E-state index contributed by atoms with van der Waals surface area (Å²) in [4.78, 5) is 29.5. The number of rotatable bonds is 3. The molecule has 10 nitrogen and oxygen atoms in total. The first-order valence-corrected chi connectivity index (χ1v) is 19.4. The standard InChI is InChI=1S/C37H47ClN4O6S/c1-36(2)34(43)40-49(45,41-35(44)39-27-8-4-9-27)28-13-16-33-31(20-28)42(21-25-11-14-29(25)32(46-3)10-6-18-48-36)22-37(23-47-33)17-5-7-24-19-26(38)12-15-30(24)37/h6,10,12-13,15-16,19-20,25,27,29,32H,4-5,7-9,11,14,17-18,21-23H2,1-3H3,(H2,39,40,41,43,44,45)/b10-6-/t25-,29+,32-,37-,49?/m0/s1. The molecule has 12 heteroatoms. The summed E-state index contributed by atoms with van der Waals surface area (Å²) in [6, 6.07) is 10.8. The molecule has 2 bridgehead atoms. The molecule has 2 aliphatic heterocycles. The highest BCUT2D eigenvalue weighted by atomic mass is 35.5. The monoisotopic (exact) mass is 710 g/mol. The Balaban J connectivity index is 1.35. The van der Waals surface area contributed by atoms with Gasteiger partial charge in [0.1, 0.15) is 11.4 Å². The summed E-state index contributed by atoms with van der Waals surface area (Å²) in [6.45, 7) is 5.24. The van der Waals surface area contributed by atoms with Crippen LogP contribution in [0.25, 0.3) is 0 Å². The molecule has 2 N–H and O–H groups in total. The first-order chi connectivity index (χ1) is 23.5. The number of aryl methyl sites for hydroxylation is 1. The number of ether oxygens (including phenoxy) is 3. The highest BCUT2D eigenvalue weighted by Crippen LogP contribution is 2.47. The molecular weight excluding hydrogens is 664 g/mol. The largest absolute Gasteiger partial charge is 0.490 e. The summed E-state index contributed by atoms with van der Waals surface area (Å²) in [5.41, 5.74) is 1.59. The van der Waals surface area contributed by atoms with E-state index in [9.17, 15) is 13.8 Å². The third kappa shape index (κ3) is 6.83. The van der Waals surface area contributed by atoms with Gasteiger partial charge < -0.3 is 24.4 Å². The zero-order chi connectivity index (χ0) is 34.4. The average molecular weight is 711 g/mol. The summed E-state index contributed by atoms with van der Waals surface area (Å²) >= 11 is 6.46. The van der Waals surface area contributed by atoms with E-state index in [4.69, 9.17) is 25.8 Å². The SMILES string of the molecule is CO[C@H]1/C=C\COC(C)(C)C(=O)N=S(=O)(NC(=O)NC2CCC2)c2ccc3c(c2)N(C[C@@H]2CC[C@H]21)C[C@@]1(CCCc2cc(Cl)ccc21)CO3. The van der Waals surface area contributed by atoms with Gasteiger partial charge in [-0.1, -0.05) is 29.8 Å². The Hall–Kier alpha value is -3.12. The number of amides is 3. The lowest BCUT2D eigenvalue weighted by atomic mass is 9.68. The molecule has 0 aromatic heterocycles. The van der Waals surface area contributed by atoms with Crippen molar-refractivity contribution in [3.8, 4) is 5.75 Å². The van der Waals surface area contributed by atoms with Crippen molar-refractivity contribution in [2.75, 3.05) is 38.3 Å². The van der Waals surface area contributed by atoms with E-state index >= 15 is 0 Å². The molecule has 1 unspecified atom stereocenters. The average Bonchev–Trinajstić information content (AvgIpc) is 3.18. The predicted molar refractivity (Wildman–Crippen MR) is 190 cm³/mol. The third-order valence-corrected chi connectivity index (χ3v) is 13.2. The van der Waals surface area contributed by atoms with Crippen LogP contribution in [0.1, 0.15) is 69.9 Å². The summed E-state index contributed by atoms with van der Waals surface area (Å²) in [6.07, 6.45) is 11.6. The Morgan fingerprint density at radius 1 is 1.12 bits per heavy atom. The van der Waals surface area contributed by atoms with Crippen LogP contribution in [0.5, 0.6) is 5.75 Å². The summed E-state index contributed by atoms with van der Waals surface area (Å²) in [5, 5.41) is 3.62. The van der Waals surface area contributed by atoms with Gasteiger partial charge in [-0.3, -0.25) is 4.79 Å². The van der Waals surface area contributed by atoms with E-state index in [-0.39, 0.29) is 29.1 Å². The smallest absolute Gasteiger partial charge is 0.327 e. The molecule has 7 rings (SSSR count). The zero-order valence-corrected chi connectivity index (χ0v) is 30.1. The van der Waals surface area contributed by atoms with Crippen LogP contribution in [-0.4, -0.2) is 67.3 Å². The number of carbonyl (C=O) groups is 2. The molecular formula is C37H47ClN4O6S. The van der Waals surface area contributed by atoms with E-state index in [1.165, 1.54) is 11.1 Å². The second-order valence-electron chi connectivity index (χ2n) is 14.8. The maximum absolute atomic E-state index is 14.9. The van der Waals surface area contributed by atoms with Crippen molar-refractivity contribution in [3.63, 3.8) is 0 Å². The normalized spacial score (nSPS) is 31.8. The van der Waals surface area contributed by atoms with Crippen LogP contribution in [0.3, 0.4) is 0 Å². The zero-order valence-electron chi connectivity index (χ0n) is 28.5. The highest BCUT2D eigenvalue weighted by Gasteiger charge is 2.45. The van der Waals surface area contributed by atoms with E-state index in [0.29, 0.717) is 30.7 Å². The highest BCUT2D eigenvalue weighted by molar-refractivity contribution is 7.92. The number of carbonyl (C=O) groups excluding carboxylic acids is 2. The molecule has 2 aromatic carbocycles. The number of nitrogens with zero attached hydrogens (tertiary/aromatic N) is 2. The van der Waals surface area contributed by atoms with Gasteiger partial charge in [0.25, 0.3) is 5.91 Å². The Morgan fingerprint density at radius 2 is 1.96 bits per heavy atom. The number of fused-ring (bicyclic) bond motifs is 4. The van der Waals surface area contributed by atoms with Crippen molar-refractivity contribution >= 4 is 39.1 Å². The molecule has 2 aromatic rings. The van der Waals surface area contributed by atoms with Crippen molar-refractivity contribution in [2.45, 2.75) is 93.3 Å². The van der Waals surface area contributed by atoms with Crippen molar-refractivity contribution in [3.05, 3.63) is 64.7 Å². The van der Waals surface area contributed by atoms with Crippen LogP contribution >= 0.6 is 11.6 Å². The topological polar surface area (TPSA) is 119 Å². The van der Waals surface area contributed by atoms with Crippen LogP contribution in [0.15, 0.2) is 57.8 Å². The van der Waals surface area contributed by atoms with E-state index in [1.54, 1.807) is 39.2 Å². The Labute approximate surface area is 294 Å². The molecule has 1 spiro atoms. The van der Waals surface area contributed by atoms with Crippen LogP contribution in [0, 0.1) is 11.8 Å². The number of benzene rings is 2. The van der Waals surface area contributed by atoms with Crippen LogP contribution in [-0.2, 0) is 36.0 Å². The molecule has 5 aliphatic rings. The number of methoxy groups -OCH3 is 1. The minimum Gasteiger partial charge on any atom is -0.490 e. The van der Waals surface area contributed by atoms with E-state index < -0.39 is 27.5 Å². The van der Waals surface area contributed by atoms with Crippen molar-refractivity contribution in [1.82, 2.24) is 10.0 Å². The van der Waals surface area contributed by atoms with Gasteiger partial charge in [-0.05, 0) is 119 Å². The van der Waals surface area contributed by atoms with Crippen LogP contribution in [0.2, 0.25) is 5.02 Å². The first kappa shape index (κ1) is 34.3. The molecule has 3 amide bonds. The third-order valence-electron chi connectivity index (χ3n) is 11.2. The fraction of sp³-hybridized carbons (Fsp3) is 0.568. The van der Waals surface area contributed by atoms with E-state index in [0.717, 1.165) is 68.6 Å².